The molecule has 0 amide bonds. The minimum Gasteiger partial charge on any atom is -0.510 e. The molecule has 0 radical (unpaired) electrons. The number of allylic oxidation sites excluding steroid dienone is 2. The number of aliphatic hydroxyl groups is 1. The van der Waals surface area contributed by atoms with Gasteiger partial charge in [-0.3, -0.25) is 9.36 Å². The molecule has 2 N–H and O–H groups in total. The van der Waals surface area contributed by atoms with Crippen LogP contribution in [0.2, 0.25) is 0 Å². The van der Waals surface area contributed by atoms with Gasteiger partial charge in [0, 0.05) is 6.54 Å². The molecule has 0 aliphatic rings. The summed E-state index contributed by atoms with van der Waals surface area (Å²) in [5.74, 6) is 0.211. The zero-order chi connectivity index (χ0) is 21.1. The Labute approximate surface area is 176 Å². The van der Waals surface area contributed by atoms with Crippen LogP contribution in [0.15, 0.2) is 76.9 Å². The summed E-state index contributed by atoms with van der Waals surface area (Å²) in [4.78, 5) is 24.8. The number of benzene rings is 2. The van der Waals surface area contributed by atoms with Crippen LogP contribution in [0.4, 0.5) is 0 Å². The van der Waals surface area contributed by atoms with Crippen molar-refractivity contribution in [2.24, 2.45) is 0 Å². The van der Waals surface area contributed by atoms with E-state index in [1.54, 1.807) is 24.3 Å². The van der Waals surface area contributed by atoms with E-state index in [9.17, 15) is 15.2 Å². The summed E-state index contributed by atoms with van der Waals surface area (Å²) < 4.78 is 1.50. The SMILES string of the molecule is C=CCn1c(SC/C(O)=C(\C#N)c2nc3ccccc3[nH]2)nc2ccccc2c1=O. The molecule has 30 heavy (non-hydrogen) atoms. The molecular weight excluding hydrogens is 398 g/mol. The highest BCUT2D eigenvalue weighted by atomic mass is 32.2. The predicted octanol–water partition coefficient (Wildman–Crippen LogP) is 4.04. The van der Waals surface area contributed by atoms with Crippen LogP contribution in [0.25, 0.3) is 27.5 Å². The summed E-state index contributed by atoms with van der Waals surface area (Å²) in [6.07, 6.45) is 1.62. The van der Waals surface area contributed by atoms with Crippen LogP contribution in [0.1, 0.15) is 5.82 Å². The van der Waals surface area contributed by atoms with Gasteiger partial charge in [0.1, 0.15) is 17.4 Å². The fraction of sp³-hybridized carbons (Fsp3) is 0.0909. The Morgan fingerprint density at radius 1 is 1.20 bits per heavy atom. The van der Waals surface area contributed by atoms with Gasteiger partial charge in [0.2, 0.25) is 0 Å². The lowest BCUT2D eigenvalue weighted by Gasteiger charge is -2.11. The summed E-state index contributed by atoms with van der Waals surface area (Å²) in [7, 11) is 0. The summed E-state index contributed by atoms with van der Waals surface area (Å²) in [5.41, 5.74) is 1.93. The van der Waals surface area contributed by atoms with Gasteiger partial charge in [-0.1, -0.05) is 42.1 Å². The molecule has 2 aromatic carbocycles. The molecule has 0 atom stereocenters. The van der Waals surface area contributed by atoms with Crippen LogP contribution in [-0.2, 0) is 6.54 Å². The van der Waals surface area contributed by atoms with Crippen molar-refractivity contribution in [1.82, 2.24) is 19.5 Å². The zero-order valence-corrected chi connectivity index (χ0v) is 16.7. The van der Waals surface area contributed by atoms with Gasteiger partial charge in [-0.05, 0) is 24.3 Å². The Bertz CT molecular complexity index is 1360. The van der Waals surface area contributed by atoms with E-state index in [-0.39, 0.29) is 29.2 Å². The maximum atomic E-state index is 12.8. The molecule has 2 aromatic heterocycles. The maximum absolute atomic E-state index is 12.8. The first-order valence-electron chi connectivity index (χ1n) is 9.13. The zero-order valence-electron chi connectivity index (χ0n) is 15.9. The van der Waals surface area contributed by atoms with Crippen LogP contribution < -0.4 is 5.56 Å². The van der Waals surface area contributed by atoms with Gasteiger partial charge >= 0.3 is 0 Å². The van der Waals surface area contributed by atoms with E-state index in [0.717, 1.165) is 5.52 Å². The van der Waals surface area contributed by atoms with Crippen molar-refractivity contribution in [2.45, 2.75) is 11.7 Å². The van der Waals surface area contributed by atoms with Crippen molar-refractivity contribution in [3.05, 3.63) is 83.1 Å². The molecule has 8 heteroatoms. The number of hydrogen-bond acceptors (Lipinski definition) is 6. The lowest BCUT2D eigenvalue weighted by atomic mass is 10.2. The standard InChI is InChI=1S/C22H17N5O2S/c1-2-11-27-21(29)14-7-3-4-8-16(14)26-22(27)30-13-19(28)15(12-23)20-24-17-9-5-6-10-18(17)25-20/h2-10,28H,1,11,13H2,(H,24,25)/b19-15-. The molecule has 148 valence electrons. The van der Waals surface area contributed by atoms with Crippen LogP contribution in [0, 0.1) is 11.3 Å². The molecular formula is C22H17N5O2S. The highest BCUT2D eigenvalue weighted by molar-refractivity contribution is 7.99. The predicted molar refractivity (Wildman–Crippen MR) is 118 cm³/mol. The first-order chi connectivity index (χ1) is 14.6. The molecule has 4 aromatic rings. The van der Waals surface area contributed by atoms with Crippen molar-refractivity contribution in [1.29, 1.82) is 5.26 Å². The largest absolute Gasteiger partial charge is 0.510 e. The van der Waals surface area contributed by atoms with Crippen molar-refractivity contribution < 1.29 is 5.11 Å². The van der Waals surface area contributed by atoms with E-state index in [1.807, 2.05) is 36.4 Å². The molecule has 0 fully saturated rings. The smallest absolute Gasteiger partial charge is 0.262 e. The molecule has 7 nitrogen and oxygen atoms in total. The quantitative estimate of drug-likeness (QED) is 0.162. The number of nitriles is 1. The van der Waals surface area contributed by atoms with E-state index in [1.165, 1.54) is 16.3 Å². The Hall–Kier alpha value is -3.83. The van der Waals surface area contributed by atoms with Crippen molar-refractivity contribution in [3.63, 3.8) is 0 Å². The second-order valence-corrected chi connectivity index (χ2v) is 7.38. The molecule has 0 unspecified atom stereocenters. The van der Waals surface area contributed by atoms with Crippen LogP contribution in [0.5, 0.6) is 0 Å². The molecule has 0 saturated heterocycles. The summed E-state index contributed by atoms with van der Waals surface area (Å²) in [6, 6.07) is 16.5. The first kappa shape index (κ1) is 19.5. The van der Waals surface area contributed by atoms with Gasteiger partial charge in [-0.25, -0.2) is 9.97 Å². The Balaban J connectivity index is 1.70. The number of thioether (sulfide) groups is 1. The topological polar surface area (TPSA) is 108 Å². The van der Waals surface area contributed by atoms with Gasteiger partial charge in [0.25, 0.3) is 5.56 Å². The maximum Gasteiger partial charge on any atom is 0.262 e. The first-order valence-corrected chi connectivity index (χ1v) is 10.1. The Morgan fingerprint density at radius 2 is 1.93 bits per heavy atom. The van der Waals surface area contributed by atoms with Crippen molar-refractivity contribution in [3.8, 4) is 6.07 Å². The second-order valence-electron chi connectivity index (χ2n) is 6.44. The van der Waals surface area contributed by atoms with Gasteiger partial charge < -0.3 is 10.1 Å². The molecule has 4 rings (SSSR count). The summed E-state index contributed by atoms with van der Waals surface area (Å²) in [5, 5.41) is 21.1. The number of rotatable bonds is 6. The van der Waals surface area contributed by atoms with Gasteiger partial charge in [-0.15, -0.1) is 6.58 Å². The normalized spacial score (nSPS) is 12.0. The lowest BCUT2D eigenvalue weighted by Crippen LogP contribution is -2.22. The van der Waals surface area contributed by atoms with Crippen molar-refractivity contribution in [2.75, 3.05) is 5.75 Å². The van der Waals surface area contributed by atoms with Crippen LogP contribution in [-0.4, -0.2) is 30.4 Å². The molecule has 0 bridgehead atoms. The highest BCUT2D eigenvalue weighted by Gasteiger charge is 2.16. The monoisotopic (exact) mass is 415 g/mol. The van der Waals surface area contributed by atoms with E-state index in [2.05, 4.69) is 21.5 Å². The van der Waals surface area contributed by atoms with E-state index in [4.69, 9.17) is 0 Å². The number of aromatic amines is 1. The fourth-order valence-electron chi connectivity index (χ4n) is 3.08. The fourth-order valence-corrected chi connectivity index (χ4v) is 3.96. The highest BCUT2D eigenvalue weighted by Crippen LogP contribution is 2.24. The summed E-state index contributed by atoms with van der Waals surface area (Å²) >= 11 is 1.17. The second kappa shape index (κ2) is 8.27. The third-order valence-corrected chi connectivity index (χ3v) is 5.49. The minimum absolute atomic E-state index is 0.0529. The van der Waals surface area contributed by atoms with Gasteiger partial charge in [-0.2, -0.15) is 5.26 Å². The number of aliphatic hydroxyl groups excluding tert-OH is 1. The minimum atomic E-state index is -0.177. The Kier molecular flexibility index (Phi) is 5.37. The number of nitrogens with zero attached hydrogens (tertiary/aromatic N) is 4. The third kappa shape index (κ3) is 3.58. The number of para-hydroxylation sites is 3. The average Bonchev–Trinajstić information content (AvgIpc) is 3.19. The number of H-pyrrole nitrogens is 1. The number of nitrogens with one attached hydrogen (secondary N) is 1. The van der Waals surface area contributed by atoms with Gasteiger partial charge in [0.15, 0.2) is 11.0 Å². The summed E-state index contributed by atoms with van der Waals surface area (Å²) in [6.45, 7) is 3.99. The Morgan fingerprint density at radius 3 is 2.67 bits per heavy atom. The number of fused-ring (bicyclic) bond motifs is 2. The van der Waals surface area contributed by atoms with E-state index < -0.39 is 0 Å². The average molecular weight is 415 g/mol. The van der Waals surface area contributed by atoms with Gasteiger partial charge in [0.05, 0.1) is 27.7 Å². The molecule has 0 aliphatic carbocycles. The number of imidazole rings is 1. The lowest BCUT2D eigenvalue weighted by molar-refractivity contribution is 0.420. The van der Waals surface area contributed by atoms with Crippen LogP contribution in [0.3, 0.4) is 0 Å². The van der Waals surface area contributed by atoms with Crippen LogP contribution >= 0.6 is 11.8 Å². The van der Waals surface area contributed by atoms with Crippen molar-refractivity contribution >= 4 is 39.3 Å². The number of aromatic nitrogens is 4. The number of hydrogen-bond donors (Lipinski definition) is 2. The molecule has 0 aliphatic heterocycles. The molecule has 0 saturated carbocycles. The van der Waals surface area contributed by atoms with E-state index in [0.29, 0.717) is 27.4 Å². The van der Waals surface area contributed by atoms with E-state index >= 15 is 0 Å². The molecule has 2 heterocycles. The third-order valence-electron chi connectivity index (χ3n) is 4.50. The molecule has 0 spiro atoms.